The second-order valence-corrected chi connectivity index (χ2v) is 4.70. The minimum Gasteiger partial charge on any atom is -0.478 e. The van der Waals surface area contributed by atoms with Crippen LogP contribution in [0.2, 0.25) is 0 Å². The molecule has 7 nitrogen and oxygen atoms in total. The summed E-state index contributed by atoms with van der Waals surface area (Å²) in [5.74, 6) is -1.70. The predicted molar refractivity (Wildman–Crippen MR) is 74.7 cm³/mol. The molecule has 0 fully saturated rings. The van der Waals surface area contributed by atoms with Gasteiger partial charge in [-0.15, -0.1) is 0 Å². The number of hydrogen-bond acceptors (Lipinski definition) is 4. The normalized spacial score (nSPS) is 11.3. The first-order valence-corrected chi connectivity index (χ1v) is 6.32. The number of amides is 2. The van der Waals surface area contributed by atoms with Gasteiger partial charge in [0.1, 0.15) is 6.04 Å². The van der Waals surface area contributed by atoms with E-state index in [0.717, 1.165) is 0 Å². The highest BCUT2D eigenvalue weighted by Crippen LogP contribution is 2.21. The summed E-state index contributed by atoms with van der Waals surface area (Å²) in [7, 11) is 1.21. The number of esters is 1. The van der Waals surface area contributed by atoms with Gasteiger partial charge in [-0.1, -0.05) is 0 Å². The van der Waals surface area contributed by atoms with Crippen LogP contribution in [0.1, 0.15) is 17.3 Å². The molecule has 0 aromatic heterocycles. The summed E-state index contributed by atoms with van der Waals surface area (Å²) in [6.45, 7) is 1.47. The number of anilines is 1. The van der Waals surface area contributed by atoms with Gasteiger partial charge in [-0.25, -0.2) is 14.4 Å². The third-order valence-electron chi connectivity index (χ3n) is 2.36. The monoisotopic (exact) mass is 344 g/mol. The van der Waals surface area contributed by atoms with Gasteiger partial charge in [0.15, 0.2) is 0 Å². The molecule has 1 atom stereocenters. The van der Waals surface area contributed by atoms with Crippen molar-refractivity contribution in [2.24, 2.45) is 0 Å². The number of carboxylic acids is 1. The van der Waals surface area contributed by atoms with Crippen LogP contribution >= 0.6 is 15.9 Å². The Bertz CT molecular complexity index is 547. The Kier molecular flexibility index (Phi) is 5.51. The van der Waals surface area contributed by atoms with Gasteiger partial charge >= 0.3 is 18.0 Å². The number of carboxylic acid groups (broad SMARTS) is 1. The molecular formula is C12H13BrN2O5. The lowest BCUT2D eigenvalue weighted by molar-refractivity contribution is -0.142. The summed E-state index contributed by atoms with van der Waals surface area (Å²) in [6, 6.07) is 2.88. The largest absolute Gasteiger partial charge is 0.478 e. The molecule has 2 amide bonds. The quantitative estimate of drug-likeness (QED) is 0.722. The van der Waals surface area contributed by atoms with Crippen LogP contribution in [0.4, 0.5) is 10.5 Å². The second kappa shape index (κ2) is 6.90. The Morgan fingerprint density at radius 3 is 2.55 bits per heavy atom. The highest BCUT2D eigenvalue weighted by molar-refractivity contribution is 9.10. The number of methoxy groups -OCH3 is 1. The summed E-state index contributed by atoms with van der Waals surface area (Å²) in [5.41, 5.74) is 0.309. The fraction of sp³-hybridized carbons (Fsp3) is 0.250. The molecule has 8 heteroatoms. The first-order chi connectivity index (χ1) is 9.35. The number of aromatic carboxylic acids is 1. The molecule has 1 rings (SSSR count). The summed E-state index contributed by atoms with van der Waals surface area (Å²) in [6.07, 6.45) is 0. The average molecular weight is 345 g/mol. The third-order valence-corrected chi connectivity index (χ3v) is 3.05. The second-order valence-electron chi connectivity index (χ2n) is 3.84. The molecule has 0 radical (unpaired) electrons. The van der Waals surface area contributed by atoms with E-state index in [1.165, 1.54) is 32.2 Å². The van der Waals surface area contributed by atoms with Gasteiger partial charge in [-0.2, -0.15) is 0 Å². The van der Waals surface area contributed by atoms with E-state index in [-0.39, 0.29) is 5.56 Å². The van der Waals surface area contributed by atoms with Crippen LogP contribution in [0, 0.1) is 0 Å². The lowest BCUT2D eigenvalue weighted by Gasteiger charge is -2.13. The predicted octanol–water partition coefficient (Wildman–Crippen LogP) is 1.83. The van der Waals surface area contributed by atoms with E-state index in [0.29, 0.717) is 10.2 Å². The van der Waals surface area contributed by atoms with Crippen LogP contribution in [0.15, 0.2) is 22.7 Å². The Labute approximate surface area is 123 Å². The summed E-state index contributed by atoms with van der Waals surface area (Å²) in [5, 5.41) is 13.7. The standard InChI is InChI=1S/C12H13BrN2O5/c1-6(11(18)20-2)14-12(19)15-7-3-4-9(13)8(5-7)10(16)17/h3-6H,1-2H3,(H,16,17)(H2,14,15,19). The number of rotatable bonds is 4. The number of halogens is 1. The van der Waals surface area contributed by atoms with Crippen molar-refractivity contribution < 1.29 is 24.2 Å². The summed E-state index contributed by atoms with van der Waals surface area (Å²) in [4.78, 5) is 33.7. The van der Waals surface area contributed by atoms with Crippen molar-refractivity contribution in [3.63, 3.8) is 0 Å². The maximum Gasteiger partial charge on any atom is 0.336 e. The summed E-state index contributed by atoms with van der Waals surface area (Å²) >= 11 is 3.10. The Hall–Kier alpha value is -2.09. The number of carbonyl (C=O) groups excluding carboxylic acids is 2. The van der Waals surface area contributed by atoms with E-state index in [1.807, 2.05) is 0 Å². The zero-order valence-corrected chi connectivity index (χ0v) is 12.4. The molecule has 108 valence electrons. The van der Waals surface area contributed by atoms with Gasteiger partial charge in [0, 0.05) is 10.2 Å². The smallest absolute Gasteiger partial charge is 0.336 e. The van der Waals surface area contributed by atoms with Crippen molar-refractivity contribution in [1.82, 2.24) is 5.32 Å². The van der Waals surface area contributed by atoms with Crippen molar-refractivity contribution in [3.05, 3.63) is 28.2 Å². The minimum absolute atomic E-state index is 0.0174. The van der Waals surface area contributed by atoms with E-state index in [4.69, 9.17) is 5.11 Å². The first kappa shape index (κ1) is 16.0. The van der Waals surface area contributed by atoms with Crippen molar-refractivity contribution in [1.29, 1.82) is 0 Å². The van der Waals surface area contributed by atoms with E-state index in [1.54, 1.807) is 0 Å². The highest BCUT2D eigenvalue weighted by Gasteiger charge is 2.16. The molecule has 0 spiro atoms. The fourth-order valence-corrected chi connectivity index (χ4v) is 1.78. The number of hydrogen-bond donors (Lipinski definition) is 3. The van der Waals surface area contributed by atoms with Crippen LogP contribution in [0.5, 0.6) is 0 Å². The minimum atomic E-state index is -1.12. The number of benzene rings is 1. The summed E-state index contributed by atoms with van der Waals surface area (Å²) < 4.78 is 4.87. The van der Waals surface area contributed by atoms with Crippen LogP contribution in [-0.4, -0.2) is 36.2 Å². The molecule has 3 N–H and O–H groups in total. The molecule has 20 heavy (non-hydrogen) atoms. The molecule has 1 unspecified atom stereocenters. The third kappa shape index (κ3) is 4.23. The lowest BCUT2D eigenvalue weighted by atomic mass is 10.2. The highest BCUT2D eigenvalue weighted by atomic mass is 79.9. The average Bonchev–Trinajstić information content (AvgIpc) is 2.39. The van der Waals surface area contributed by atoms with Crippen LogP contribution < -0.4 is 10.6 Å². The van der Waals surface area contributed by atoms with E-state index in [2.05, 4.69) is 31.3 Å². The molecule has 0 heterocycles. The van der Waals surface area contributed by atoms with Crippen molar-refractivity contribution in [2.75, 3.05) is 12.4 Å². The van der Waals surface area contributed by atoms with E-state index >= 15 is 0 Å². The molecule has 0 aliphatic carbocycles. The van der Waals surface area contributed by atoms with Crippen LogP contribution in [0.3, 0.4) is 0 Å². The van der Waals surface area contributed by atoms with Gasteiger partial charge < -0.3 is 20.5 Å². The molecule has 0 saturated carbocycles. The Morgan fingerprint density at radius 1 is 1.35 bits per heavy atom. The number of ether oxygens (including phenoxy) is 1. The van der Waals surface area contributed by atoms with Crippen molar-refractivity contribution in [3.8, 4) is 0 Å². The molecular weight excluding hydrogens is 332 g/mol. The fourth-order valence-electron chi connectivity index (χ4n) is 1.37. The van der Waals surface area contributed by atoms with E-state index in [9.17, 15) is 14.4 Å². The van der Waals surface area contributed by atoms with Gasteiger partial charge in [0.25, 0.3) is 0 Å². The van der Waals surface area contributed by atoms with Gasteiger partial charge in [-0.3, -0.25) is 0 Å². The zero-order chi connectivity index (χ0) is 15.3. The molecule has 0 aliphatic rings. The molecule has 1 aromatic carbocycles. The Balaban J connectivity index is 2.74. The molecule has 0 bridgehead atoms. The number of carbonyl (C=O) groups is 3. The molecule has 0 saturated heterocycles. The molecule has 0 aliphatic heterocycles. The van der Waals surface area contributed by atoms with Crippen molar-refractivity contribution >= 4 is 39.6 Å². The number of urea groups is 1. The maximum atomic E-state index is 11.6. The first-order valence-electron chi connectivity index (χ1n) is 5.53. The maximum absolute atomic E-state index is 11.6. The van der Waals surface area contributed by atoms with Crippen LogP contribution in [-0.2, 0) is 9.53 Å². The lowest BCUT2D eigenvalue weighted by Crippen LogP contribution is -2.41. The number of nitrogens with one attached hydrogen (secondary N) is 2. The van der Waals surface area contributed by atoms with Gasteiger partial charge in [-0.05, 0) is 41.1 Å². The van der Waals surface area contributed by atoms with Gasteiger partial charge in [0.2, 0.25) is 0 Å². The topological polar surface area (TPSA) is 105 Å². The van der Waals surface area contributed by atoms with Gasteiger partial charge in [0.05, 0.1) is 12.7 Å². The van der Waals surface area contributed by atoms with Crippen molar-refractivity contribution in [2.45, 2.75) is 13.0 Å². The van der Waals surface area contributed by atoms with E-state index < -0.39 is 24.0 Å². The van der Waals surface area contributed by atoms with Crippen LogP contribution in [0.25, 0.3) is 0 Å². The SMILES string of the molecule is COC(=O)C(C)NC(=O)Nc1ccc(Br)c(C(=O)O)c1. The Morgan fingerprint density at radius 2 is 2.00 bits per heavy atom. The molecule has 1 aromatic rings. The zero-order valence-electron chi connectivity index (χ0n) is 10.8.